The van der Waals surface area contributed by atoms with Gasteiger partial charge in [0.2, 0.25) is 5.91 Å². The van der Waals surface area contributed by atoms with E-state index in [-0.39, 0.29) is 11.9 Å². The van der Waals surface area contributed by atoms with Crippen LogP contribution in [-0.4, -0.2) is 25.5 Å². The fourth-order valence-electron chi connectivity index (χ4n) is 2.45. The molecule has 1 atom stereocenters. The molecule has 0 aromatic carbocycles. The molecule has 0 fully saturated rings. The van der Waals surface area contributed by atoms with Gasteiger partial charge in [-0.2, -0.15) is 0 Å². The van der Waals surface area contributed by atoms with Crippen molar-refractivity contribution in [2.24, 2.45) is 0 Å². The Morgan fingerprint density at radius 1 is 1.39 bits per heavy atom. The van der Waals surface area contributed by atoms with E-state index in [9.17, 15) is 4.79 Å². The number of fused-ring (bicyclic) bond motifs is 1. The molecule has 0 saturated heterocycles. The fourth-order valence-corrected chi connectivity index (χ4v) is 3.27. The molecular weight excluding hydrogens is 310 g/mol. The van der Waals surface area contributed by atoms with Gasteiger partial charge in [0, 0.05) is 23.7 Å². The monoisotopic (exact) mass is 329 g/mol. The lowest BCUT2D eigenvalue weighted by Crippen LogP contribution is -2.27. The lowest BCUT2D eigenvalue weighted by Gasteiger charge is -2.12. The number of aryl methyl sites for hydroxylation is 2. The molecule has 3 aromatic heterocycles. The van der Waals surface area contributed by atoms with E-state index >= 15 is 0 Å². The van der Waals surface area contributed by atoms with E-state index < -0.39 is 0 Å². The summed E-state index contributed by atoms with van der Waals surface area (Å²) >= 11 is 1.65. The summed E-state index contributed by atoms with van der Waals surface area (Å²) in [5.74, 6) is 0.767. The van der Waals surface area contributed by atoms with Gasteiger partial charge in [-0.25, -0.2) is 4.98 Å². The number of amides is 1. The predicted octanol–water partition coefficient (Wildman–Crippen LogP) is 2.69. The molecule has 3 rings (SSSR count). The molecule has 0 radical (unpaired) electrons. The van der Waals surface area contributed by atoms with Gasteiger partial charge in [0.25, 0.3) is 0 Å². The molecule has 0 unspecified atom stereocenters. The molecule has 0 aliphatic carbocycles. The summed E-state index contributed by atoms with van der Waals surface area (Å²) in [7, 11) is 0. The van der Waals surface area contributed by atoms with Crippen molar-refractivity contribution in [1.29, 1.82) is 0 Å². The molecule has 1 amide bonds. The number of hydrogen-bond donors (Lipinski definition) is 1. The summed E-state index contributed by atoms with van der Waals surface area (Å²) in [6.45, 7) is 3.91. The van der Waals surface area contributed by atoms with E-state index in [2.05, 4.69) is 20.5 Å². The van der Waals surface area contributed by atoms with E-state index in [1.807, 2.05) is 48.0 Å². The van der Waals surface area contributed by atoms with Crippen molar-refractivity contribution in [3.8, 4) is 0 Å². The molecular formula is C16H19N5OS. The van der Waals surface area contributed by atoms with Crippen LogP contribution in [0.5, 0.6) is 0 Å². The van der Waals surface area contributed by atoms with Crippen molar-refractivity contribution < 1.29 is 4.79 Å². The summed E-state index contributed by atoms with van der Waals surface area (Å²) in [6, 6.07) is 5.55. The minimum absolute atomic E-state index is 0.0264. The van der Waals surface area contributed by atoms with Gasteiger partial charge in [-0.1, -0.05) is 6.07 Å². The Labute approximate surface area is 138 Å². The summed E-state index contributed by atoms with van der Waals surface area (Å²) in [4.78, 5) is 16.5. The van der Waals surface area contributed by atoms with Gasteiger partial charge in [-0.15, -0.1) is 21.5 Å². The maximum atomic E-state index is 12.1. The van der Waals surface area contributed by atoms with Crippen molar-refractivity contribution >= 4 is 22.9 Å². The Bertz CT molecular complexity index is 810. The number of pyridine rings is 1. The highest BCUT2D eigenvalue weighted by Crippen LogP contribution is 2.14. The van der Waals surface area contributed by atoms with Crippen molar-refractivity contribution in [3.63, 3.8) is 0 Å². The SMILES string of the molecule is Cc1csc(CCCC(=O)N[C@@H](C)c2nnc3ccccn23)n1. The number of aromatic nitrogens is 4. The molecule has 23 heavy (non-hydrogen) atoms. The molecule has 0 aliphatic rings. The summed E-state index contributed by atoms with van der Waals surface area (Å²) in [5, 5.41) is 14.4. The van der Waals surface area contributed by atoms with Crippen LogP contribution in [0.2, 0.25) is 0 Å². The maximum Gasteiger partial charge on any atom is 0.220 e. The minimum atomic E-state index is -0.179. The highest BCUT2D eigenvalue weighted by Gasteiger charge is 2.15. The predicted molar refractivity (Wildman–Crippen MR) is 89.3 cm³/mol. The van der Waals surface area contributed by atoms with Gasteiger partial charge in [-0.3, -0.25) is 9.20 Å². The third kappa shape index (κ3) is 3.73. The van der Waals surface area contributed by atoms with Crippen LogP contribution in [0.25, 0.3) is 5.65 Å². The highest BCUT2D eigenvalue weighted by molar-refractivity contribution is 7.09. The van der Waals surface area contributed by atoms with E-state index in [1.54, 1.807) is 11.3 Å². The zero-order valence-electron chi connectivity index (χ0n) is 13.2. The topological polar surface area (TPSA) is 72.2 Å². The van der Waals surface area contributed by atoms with E-state index in [4.69, 9.17) is 0 Å². The largest absolute Gasteiger partial charge is 0.346 e. The van der Waals surface area contributed by atoms with Gasteiger partial charge >= 0.3 is 0 Å². The number of nitrogens with one attached hydrogen (secondary N) is 1. The van der Waals surface area contributed by atoms with Crippen molar-refractivity contribution in [2.45, 2.75) is 39.2 Å². The molecule has 7 heteroatoms. The van der Waals surface area contributed by atoms with Crippen molar-refractivity contribution in [2.75, 3.05) is 0 Å². The number of rotatable bonds is 6. The van der Waals surface area contributed by atoms with Gasteiger partial charge in [0.15, 0.2) is 11.5 Å². The van der Waals surface area contributed by atoms with Crippen LogP contribution in [0.3, 0.4) is 0 Å². The first-order chi connectivity index (χ1) is 11.1. The Morgan fingerprint density at radius 3 is 3.04 bits per heavy atom. The standard InChI is InChI=1S/C16H19N5OS/c1-11-10-23-15(17-11)8-5-7-14(22)18-12(2)16-20-19-13-6-3-4-9-21(13)16/h3-4,6,9-10,12H,5,7-8H2,1-2H3,(H,18,22)/t12-/m0/s1. The van der Waals surface area contributed by atoms with Crippen molar-refractivity contribution in [1.82, 2.24) is 24.9 Å². The number of thiazole rings is 1. The molecule has 120 valence electrons. The Hall–Kier alpha value is -2.28. The van der Waals surface area contributed by atoms with E-state index in [0.717, 1.165) is 35.0 Å². The second-order valence-corrected chi connectivity index (χ2v) is 6.46. The third-order valence-electron chi connectivity index (χ3n) is 3.57. The number of hydrogen-bond acceptors (Lipinski definition) is 5. The average Bonchev–Trinajstić information content (AvgIpc) is 3.13. The molecule has 6 nitrogen and oxygen atoms in total. The fraction of sp³-hybridized carbons (Fsp3) is 0.375. The number of nitrogens with zero attached hydrogens (tertiary/aromatic N) is 4. The lowest BCUT2D eigenvalue weighted by molar-refractivity contribution is -0.121. The molecule has 0 spiro atoms. The van der Waals surface area contributed by atoms with Gasteiger partial charge < -0.3 is 5.32 Å². The maximum absolute atomic E-state index is 12.1. The van der Waals surface area contributed by atoms with E-state index in [1.165, 1.54) is 0 Å². The number of carbonyl (C=O) groups excluding carboxylic acids is 1. The van der Waals surface area contributed by atoms with Crippen LogP contribution in [0.1, 0.15) is 42.3 Å². The van der Waals surface area contributed by atoms with Gasteiger partial charge in [-0.05, 0) is 38.8 Å². The molecule has 0 aliphatic heterocycles. The highest BCUT2D eigenvalue weighted by atomic mass is 32.1. The summed E-state index contributed by atoms with van der Waals surface area (Å²) in [6.07, 6.45) is 4.03. The number of carbonyl (C=O) groups is 1. The average molecular weight is 329 g/mol. The normalized spacial score (nSPS) is 12.4. The second kappa shape index (κ2) is 6.87. The van der Waals surface area contributed by atoms with Crippen LogP contribution >= 0.6 is 11.3 Å². The van der Waals surface area contributed by atoms with Crippen LogP contribution < -0.4 is 5.32 Å². The van der Waals surface area contributed by atoms with Gasteiger partial charge in [0.1, 0.15) is 0 Å². The van der Waals surface area contributed by atoms with Crippen LogP contribution in [0, 0.1) is 6.92 Å². The first-order valence-corrected chi connectivity index (χ1v) is 8.51. The summed E-state index contributed by atoms with van der Waals surface area (Å²) < 4.78 is 1.89. The van der Waals surface area contributed by atoms with Crippen LogP contribution in [0.4, 0.5) is 0 Å². The van der Waals surface area contributed by atoms with Crippen molar-refractivity contribution in [3.05, 3.63) is 46.3 Å². The zero-order valence-corrected chi connectivity index (χ0v) is 14.0. The van der Waals surface area contributed by atoms with Gasteiger partial charge in [0.05, 0.1) is 11.0 Å². The minimum Gasteiger partial charge on any atom is -0.346 e. The Balaban J connectivity index is 1.53. The first-order valence-electron chi connectivity index (χ1n) is 7.63. The van der Waals surface area contributed by atoms with Crippen LogP contribution in [-0.2, 0) is 11.2 Å². The summed E-state index contributed by atoms with van der Waals surface area (Å²) in [5.41, 5.74) is 1.82. The second-order valence-electron chi connectivity index (χ2n) is 5.51. The van der Waals surface area contributed by atoms with Crippen LogP contribution in [0.15, 0.2) is 29.8 Å². The zero-order chi connectivity index (χ0) is 16.2. The molecule has 0 saturated carbocycles. The Morgan fingerprint density at radius 2 is 2.26 bits per heavy atom. The molecule has 0 bridgehead atoms. The molecule has 3 heterocycles. The quantitative estimate of drug-likeness (QED) is 0.755. The lowest BCUT2D eigenvalue weighted by atomic mass is 10.2. The molecule has 3 aromatic rings. The Kier molecular flexibility index (Phi) is 4.66. The first kappa shape index (κ1) is 15.6. The smallest absolute Gasteiger partial charge is 0.220 e. The molecule has 1 N–H and O–H groups in total. The third-order valence-corrected chi connectivity index (χ3v) is 4.59. The van der Waals surface area contributed by atoms with E-state index in [0.29, 0.717) is 6.42 Å².